The molecule has 0 spiro atoms. The molecule has 11 N–H and O–H groups in total. The fraction of sp³-hybridized carbons (Fsp3) is 0.281. The molecule has 666 valence electrons. The summed E-state index contributed by atoms with van der Waals surface area (Å²) >= 11 is 12.7. The minimum absolute atomic E-state index is 0.0717. The normalized spacial score (nSPS) is 13.8. The second kappa shape index (κ2) is 40.2. The van der Waals surface area contributed by atoms with E-state index in [4.69, 9.17) is 33.2 Å². The summed E-state index contributed by atoms with van der Waals surface area (Å²) in [5.41, 5.74) is 18.7. The van der Waals surface area contributed by atoms with Crippen LogP contribution in [0.2, 0.25) is 10.0 Å². The Bertz CT molecular complexity index is 7060. The summed E-state index contributed by atoms with van der Waals surface area (Å²) in [5.74, 6) is 8.40. The SMILES string of the molecule is CCNC(=O)c1ccc(-c2n[nH]c3ccc(-c4n[nH]c(CN5CCCC5)n4)cc23)cc1.CN(C)Cc1nc(-c2ccc3[nH]nc(-c4ccccc4Cl)c3c2)n[nH]1.CN(C)Cc1nc(-c2ccc3[nH]nc(-c4cccnc4)c3c2)n[nH]1.CN(C)Cc1nc(-c2ccc3n[nH]c(C4CCCCC4)c3c2)n[nH]1.Clc1ccccc1-c1n[nH]c2ccc(-c3n[nH]c(CN4CCCC4)n3)cc12. The van der Waals surface area contributed by atoms with E-state index in [1.807, 2.05) is 205 Å². The molecular formula is C96H102Cl2N32O. The Morgan fingerprint density at radius 2 is 0.748 bits per heavy atom. The summed E-state index contributed by atoms with van der Waals surface area (Å²) in [6.45, 7) is 10.9. The van der Waals surface area contributed by atoms with E-state index in [1.54, 1.807) is 6.20 Å². The van der Waals surface area contributed by atoms with Crippen LogP contribution >= 0.6 is 23.2 Å². The summed E-state index contributed by atoms with van der Waals surface area (Å²) in [6.07, 6.45) is 15.1. The van der Waals surface area contributed by atoms with Gasteiger partial charge in [0, 0.05) is 113 Å². The Morgan fingerprint density at radius 3 is 1.15 bits per heavy atom. The van der Waals surface area contributed by atoms with Gasteiger partial charge in [0.2, 0.25) is 0 Å². The number of fused-ring (bicyclic) bond motifs is 5. The topological polar surface area (TPSA) is 409 Å². The van der Waals surface area contributed by atoms with Crippen molar-refractivity contribution in [3.63, 3.8) is 0 Å². The van der Waals surface area contributed by atoms with Crippen LogP contribution in [-0.4, -0.2) is 237 Å². The number of H-pyrrole nitrogens is 10. The number of halogens is 2. The Kier molecular flexibility index (Phi) is 26.9. The summed E-state index contributed by atoms with van der Waals surface area (Å²) in [6, 6.07) is 57.4. The minimum Gasteiger partial charge on any atom is -0.352 e. The predicted octanol–water partition coefficient (Wildman–Crippen LogP) is 17.3. The van der Waals surface area contributed by atoms with Crippen LogP contribution in [0.1, 0.15) is 116 Å². The highest BCUT2D eigenvalue weighted by molar-refractivity contribution is 6.34. The van der Waals surface area contributed by atoms with Crippen LogP contribution in [0.5, 0.6) is 0 Å². The number of hydrogen-bond donors (Lipinski definition) is 11. The third kappa shape index (κ3) is 20.6. The van der Waals surface area contributed by atoms with Gasteiger partial charge in [0.25, 0.3) is 5.91 Å². The molecule has 19 aromatic rings. The maximum Gasteiger partial charge on any atom is 0.251 e. The molecule has 3 aliphatic rings. The van der Waals surface area contributed by atoms with Gasteiger partial charge in [-0.05, 0) is 241 Å². The molecule has 2 aliphatic heterocycles. The van der Waals surface area contributed by atoms with Gasteiger partial charge in [0.05, 0.1) is 76.0 Å². The second-order valence-corrected chi connectivity index (χ2v) is 34.7. The lowest BCUT2D eigenvalue weighted by Gasteiger charge is -2.20. The van der Waals surface area contributed by atoms with Gasteiger partial charge in [-0.15, -0.1) is 0 Å². The Labute approximate surface area is 764 Å². The van der Waals surface area contributed by atoms with Crippen LogP contribution < -0.4 is 5.32 Å². The zero-order chi connectivity index (χ0) is 89.9. The lowest BCUT2D eigenvalue weighted by atomic mass is 9.85. The molecule has 3 fully saturated rings. The molecular weight excluding hydrogens is 1690 g/mol. The average molecular weight is 1790 g/mol. The first kappa shape index (κ1) is 87.5. The number of hydrogen-bond acceptors (Lipinski definition) is 22. The van der Waals surface area contributed by atoms with E-state index < -0.39 is 0 Å². The number of carbonyl (C=O) groups excluding carboxylic acids is 1. The lowest BCUT2D eigenvalue weighted by molar-refractivity contribution is 0.0955. The van der Waals surface area contributed by atoms with E-state index in [0.29, 0.717) is 57.9 Å². The summed E-state index contributed by atoms with van der Waals surface area (Å²) in [4.78, 5) is 50.3. The number of benzene rings is 8. The molecule has 0 bridgehead atoms. The van der Waals surface area contributed by atoms with Gasteiger partial charge in [-0.1, -0.05) is 91.0 Å². The lowest BCUT2D eigenvalue weighted by Crippen LogP contribution is -2.22. The number of likely N-dealkylation sites (tertiary alicyclic amines) is 2. The standard InChI is InChI=1S/C23H25N7O.C20H19ClN6.C18H17ClN6.C18H24N6.C17H17N7/c1-2-24-23(31)16-7-5-15(6-8-16)21-18-13-17(9-10-19(18)26-28-21)22-25-20(27-29-22)14-30-11-3-4-12-30;21-16-6-2-1-5-14(16)19-15-11-13(7-8-17(15)23-25-19)20-22-18(24-26-20)12-27-9-3-4-10-27;1-25(2)10-16-20-18(24-22-16)11-7-8-15-13(9-11)17(23-21-15)12-5-3-4-6-14(12)19;1-24(2)11-16-19-18(23-21-16)13-8-9-15-14(10-13)17(22-20-15)12-6-4-3-5-7-12;1-24(2)10-15-19-17(23-21-15)11-5-6-14-13(8-11)16(22-20-14)12-4-3-7-18-9-12/h5-10,13H,2-4,11-12,14H2,1H3,(H,24,31)(H,26,28)(H,25,27,29);1-2,5-8,11H,3-4,9-10,12H2,(H,23,25)(H,22,24,26);3-9H,10H2,1-2H3,(H,21,23)(H,20,22,24);8-10,12H,3-7,11H2,1-2H3,(H,20,22)(H,19,21,23);3-9H,10H2,1-2H3,(H,20,22)(H,19,21,23). The Balaban J connectivity index is 0.000000110. The molecule has 33 nitrogen and oxygen atoms in total. The largest absolute Gasteiger partial charge is 0.352 e. The smallest absolute Gasteiger partial charge is 0.251 e. The van der Waals surface area contributed by atoms with Gasteiger partial charge in [-0.25, -0.2) is 24.9 Å². The zero-order valence-electron chi connectivity index (χ0n) is 74.0. The quantitative estimate of drug-likeness (QED) is 0.0300. The third-order valence-electron chi connectivity index (χ3n) is 23.3. The minimum atomic E-state index is -0.0717. The van der Waals surface area contributed by atoms with Crippen molar-refractivity contribution < 1.29 is 4.79 Å². The van der Waals surface area contributed by atoms with Crippen LogP contribution in [0, 0.1) is 0 Å². The van der Waals surface area contributed by atoms with Gasteiger partial charge in [0.1, 0.15) is 46.2 Å². The zero-order valence-corrected chi connectivity index (χ0v) is 75.5. The first-order valence-corrected chi connectivity index (χ1v) is 44.9. The molecule has 0 radical (unpaired) electrons. The molecule has 1 aliphatic carbocycles. The molecule has 131 heavy (non-hydrogen) atoms. The van der Waals surface area contributed by atoms with E-state index in [2.05, 4.69) is 178 Å². The number of aromatic amines is 10. The number of carbonyl (C=O) groups is 1. The number of pyridine rings is 1. The van der Waals surface area contributed by atoms with E-state index >= 15 is 0 Å². The molecule has 1 saturated carbocycles. The Morgan fingerprint density at radius 1 is 0.374 bits per heavy atom. The van der Waals surface area contributed by atoms with Crippen LogP contribution in [0.3, 0.4) is 0 Å². The Hall–Kier alpha value is -14.2. The van der Waals surface area contributed by atoms with Crippen molar-refractivity contribution in [3.05, 3.63) is 239 Å². The molecule has 1 amide bonds. The van der Waals surface area contributed by atoms with Crippen molar-refractivity contribution >= 4 is 83.6 Å². The van der Waals surface area contributed by atoms with Gasteiger partial charge in [0.15, 0.2) is 29.1 Å². The van der Waals surface area contributed by atoms with Gasteiger partial charge in [-0.3, -0.25) is 70.6 Å². The van der Waals surface area contributed by atoms with Crippen molar-refractivity contribution in [1.29, 1.82) is 0 Å². The summed E-state index contributed by atoms with van der Waals surface area (Å²) in [7, 11) is 12.0. The maximum atomic E-state index is 12.0. The molecule has 35 heteroatoms. The fourth-order valence-corrected chi connectivity index (χ4v) is 17.3. The molecule has 13 heterocycles. The van der Waals surface area contributed by atoms with Crippen LogP contribution in [0.15, 0.2) is 188 Å². The van der Waals surface area contributed by atoms with Crippen molar-refractivity contribution in [2.24, 2.45) is 0 Å². The highest BCUT2D eigenvalue weighted by atomic mass is 35.5. The summed E-state index contributed by atoms with van der Waals surface area (Å²) < 4.78 is 0. The van der Waals surface area contributed by atoms with Gasteiger partial charge in [-0.2, -0.15) is 51.0 Å². The monoisotopic (exact) mass is 1790 g/mol. The highest BCUT2D eigenvalue weighted by Crippen LogP contribution is 2.40. The first-order valence-electron chi connectivity index (χ1n) is 44.2. The molecule has 0 atom stereocenters. The molecule has 2 saturated heterocycles. The molecule has 0 unspecified atom stereocenters. The number of rotatable bonds is 22. The highest BCUT2D eigenvalue weighted by Gasteiger charge is 2.25. The second-order valence-electron chi connectivity index (χ2n) is 33.9. The summed E-state index contributed by atoms with van der Waals surface area (Å²) in [5, 5.41) is 84.4. The first-order chi connectivity index (χ1) is 64.0. The van der Waals surface area contributed by atoms with Crippen molar-refractivity contribution in [1.82, 2.24) is 162 Å². The molecule has 8 aromatic carbocycles. The van der Waals surface area contributed by atoms with E-state index in [9.17, 15) is 4.79 Å². The maximum absolute atomic E-state index is 12.0. The van der Waals surface area contributed by atoms with E-state index in [0.717, 1.165) is 209 Å². The predicted molar refractivity (Wildman–Crippen MR) is 512 cm³/mol. The van der Waals surface area contributed by atoms with Crippen LogP contribution in [0.25, 0.3) is 156 Å². The van der Waals surface area contributed by atoms with Crippen molar-refractivity contribution in [2.45, 2.75) is 103 Å². The molecule has 11 aromatic heterocycles. The van der Waals surface area contributed by atoms with E-state index in [-0.39, 0.29) is 5.91 Å². The van der Waals surface area contributed by atoms with Gasteiger partial charge >= 0.3 is 0 Å². The van der Waals surface area contributed by atoms with Crippen molar-refractivity contribution in [2.75, 3.05) is 75.0 Å². The van der Waals surface area contributed by atoms with Crippen molar-refractivity contribution in [3.8, 4) is 102 Å². The number of aromatic nitrogens is 26. The van der Waals surface area contributed by atoms with Crippen LogP contribution in [-0.2, 0) is 32.7 Å². The number of nitrogens with one attached hydrogen (secondary N) is 11. The van der Waals surface area contributed by atoms with Crippen LogP contribution in [0.4, 0.5) is 0 Å². The number of nitrogens with zero attached hydrogens (tertiary/aromatic N) is 21. The number of amides is 1. The van der Waals surface area contributed by atoms with Gasteiger partial charge < -0.3 is 20.0 Å². The fourth-order valence-electron chi connectivity index (χ4n) is 16.9. The average Bonchev–Trinajstić information content (AvgIpc) is 1.66. The van der Waals surface area contributed by atoms with E-state index in [1.165, 1.54) is 68.9 Å². The molecule has 22 rings (SSSR count). The third-order valence-corrected chi connectivity index (χ3v) is 23.9.